The summed E-state index contributed by atoms with van der Waals surface area (Å²) in [6, 6.07) is 13.4. The third-order valence-electron chi connectivity index (χ3n) is 2.78. The van der Waals surface area contributed by atoms with E-state index in [9.17, 15) is 0 Å². The molecule has 2 aromatic carbocycles. The van der Waals surface area contributed by atoms with Gasteiger partial charge in [-0.25, -0.2) is 0 Å². The van der Waals surface area contributed by atoms with Crippen molar-refractivity contribution in [1.82, 2.24) is 0 Å². The van der Waals surface area contributed by atoms with Crippen LogP contribution in [0.3, 0.4) is 0 Å². The second-order valence-corrected chi connectivity index (χ2v) is 4.75. The molecule has 0 unspecified atom stereocenters. The van der Waals surface area contributed by atoms with Crippen molar-refractivity contribution in [2.75, 3.05) is 0 Å². The van der Waals surface area contributed by atoms with E-state index >= 15 is 0 Å². The summed E-state index contributed by atoms with van der Waals surface area (Å²) >= 11 is 0. The number of benzene rings is 2. The van der Waals surface area contributed by atoms with Gasteiger partial charge in [-0.15, -0.1) is 0 Å². The number of aryl methyl sites for hydroxylation is 4. The molecule has 0 aliphatic heterocycles. The molecule has 19 heavy (non-hydrogen) atoms. The molecule has 0 aromatic heterocycles. The largest absolute Gasteiger partial charge is 0.0776 e. The van der Waals surface area contributed by atoms with E-state index in [0.717, 1.165) is 0 Å². The van der Waals surface area contributed by atoms with Crippen molar-refractivity contribution in [3.8, 4) is 11.1 Å². The van der Waals surface area contributed by atoms with Gasteiger partial charge in [0.05, 0.1) is 0 Å². The average Bonchev–Trinajstić information content (AvgIpc) is 2.29. The zero-order valence-corrected chi connectivity index (χ0v) is 12.5. The Kier molecular flexibility index (Phi) is 7.14. The van der Waals surface area contributed by atoms with Crippen molar-refractivity contribution in [3.63, 3.8) is 0 Å². The first-order chi connectivity index (χ1) is 8.54. The first kappa shape index (κ1) is 17.4. The minimum Gasteiger partial charge on any atom is -0.0776 e. The van der Waals surface area contributed by atoms with E-state index in [1.807, 2.05) is 13.8 Å². The third kappa shape index (κ3) is 4.90. The molecule has 0 nitrogen and oxygen atoms in total. The van der Waals surface area contributed by atoms with Crippen molar-refractivity contribution in [3.05, 3.63) is 58.7 Å². The first-order valence-electron chi connectivity index (χ1n) is 6.71. The van der Waals surface area contributed by atoms with Gasteiger partial charge >= 0.3 is 0 Å². The molecule has 0 atom stereocenters. The Balaban J connectivity index is 0.00000103. The topological polar surface area (TPSA) is 0 Å². The Bertz CT molecular complexity index is 432. The van der Waals surface area contributed by atoms with Crippen molar-refractivity contribution in [2.45, 2.75) is 49.0 Å². The lowest BCUT2D eigenvalue weighted by atomic mass is 9.98. The van der Waals surface area contributed by atoms with Crippen LogP contribution in [0.25, 0.3) is 11.1 Å². The molecule has 0 bridgehead atoms. The summed E-state index contributed by atoms with van der Waals surface area (Å²) in [5.41, 5.74) is 7.96. The van der Waals surface area contributed by atoms with Gasteiger partial charge < -0.3 is 0 Å². The summed E-state index contributed by atoms with van der Waals surface area (Å²) < 4.78 is 0. The highest BCUT2D eigenvalue weighted by Gasteiger charge is 2.01. The second kappa shape index (κ2) is 7.78. The molecule has 0 saturated heterocycles. The number of rotatable bonds is 1. The molecule has 0 aliphatic rings. The molecule has 0 amide bonds. The van der Waals surface area contributed by atoms with Gasteiger partial charge in [0, 0.05) is 0 Å². The average molecular weight is 256 g/mol. The van der Waals surface area contributed by atoms with E-state index in [4.69, 9.17) is 0 Å². The van der Waals surface area contributed by atoms with E-state index in [-0.39, 0.29) is 7.43 Å². The quantitative estimate of drug-likeness (QED) is 0.565. The third-order valence-corrected chi connectivity index (χ3v) is 2.78. The molecule has 0 saturated carbocycles. The predicted molar refractivity (Wildman–Crippen MR) is 88.9 cm³/mol. The fraction of sp³-hybridized carbons (Fsp3) is 0.368. The van der Waals surface area contributed by atoms with Crippen LogP contribution in [0.1, 0.15) is 43.5 Å². The van der Waals surface area contributed by atoms with Crippen molar-refractivity contribution in [2.24, 2.45) is 0 Å². The van der Waals surface area contributed by atoms with Crippen LogP contribution in [0.2, 0.25) is 0 Å². The predicted octanol–water partition coefficient (Wildman–Crippen LogP) is 6.25. The van der Waals surface area contributed by atoms with Crippen molar-refractivity contribution in [1.29, 1.82) is 0 Å². The highest BCUT2D eigenvalue weighted by molar-refractivity contribution is 5.66. The molecule has 2 rings (SSSR count). The van der Waals surface area contributed by atoms with E-state index in [0.29, 0.717) is 0 Å². The van der Waals surface area contributed by atoms with Gasteiger partial charge in [-0.1, -0.05) is 79.9 Å². The number of hydrogen-bond acceptors (Lipinski definition) is 0. The molecule has 0 heteroatoms. The molecular weight excluding hydrogens is 228 g/mol. The van der Waals surface area contributed by atoms with Crippen LogP contribution in [0.5, 0.6) is 0 Å². The second-order valence-electron chi connectivity index (χ2n) is 4.75. The van der Waals surface area contributed by atoms with Crippen LogP contribution in [0, 0.1) is 27.7 Å². The van der Waals surface area contributed by atoms with Crippen LogP contribution in [0.4, 0.5) is 0 Å². The van der Waals surface area contributed by atoms with Gasteiger partial charge in [-0.3, -0.25) is 0 Å². The highest BCUT2D eigenvalue weighted by Crippen LogP contribution is 2.24. The molecule has 0 N–H and O–H groups in total. The summed E-state index contributed by atoms with van der Waals surface area (Å²) in [5, 5.41) is 0. The summed E-state index contributed by atoms with van der Waals surface area (Å²) in [5.74, 6) is 0. The van der Waals surface area contributed by atoms with Crippen molar-refractivity contribution < 1.29 is 0 Å². The van der Waals surface area contributed by atoms with Gasteiger partial charge in [0.2, 0.25) is 0 Å². The van der Waals surface area contributed by atoms with Crippen LogP contribution in [-0.4, -0.2) is 0 Å². The Labute approximate surface area is 119 Å². The lowest BCUT2D eigenvalue weighted by molar-refractivity contribution is 1.35. The fourth-order valence-corrected chi connectivity index (χ4v) is 2.28. The molecular formula is C19H28. The number of hydrogen-bond donors (Lipinski definition) is 0. The Morgan fingerprint density at radius 3 is 0.895 bits per heavy atom. The molecule has 0 radical (unpaired) electrons. The molecule has 0 heterocycles. The summed E-state index contributed by atoms with van der Waals surface area (Å²) in [6.45, 7) is 12.6. The molecule has 2 aromatic rings. The van der Waals surface area contributed by atoms with Gasteiger partial charge in [0.15, 0.2) is 0 Å². The van der Waals surface area contributed by atoms with Gasteiger partial charge in [-0.2, -0.15) is 0 Å². The van der Waals surface area contributed by atoms with E-state index in [1.165, 1.54) is 33.4 Å². The van der Waals surface area contributed by atoms with Gasteiger partial charge in [0.25, 0.3) is 0 Å². The Hall–Kier alpha value is -1.56. The lowest BCUT2D eigenvalue weighted by Gasteiger charge is -2.07. The summed E-state index contributed by atoms with van der Waals surface area (Å²) in [7, 11) is 0. The standard InChI is InChI=1S/C16H18.C2H6.CH4/c1-11-5-12(2)8-15(7-11)16-9-13(3)6-14(4)10-16;1-2;/h5-10H,1-4H3;1-2H3;1H4. The smallest absolute Gasteiger partial charge is 0.0179 e. The Morgan fingerprint density at radius 2 is 0.684 bits per heavy atom. The first-order valence-corrected chi connectivity index (χ1v) is 6.71. The maximum atomic E-state index is 2.25. The summed E-state index contributed by atoms with van der Waals surface area (Å²) in [4.78, 5) is 0. The minimum absolute atomic E-state index is 0. The summed E-state index contributed by atoms with van der Waals surface area (Å²) in [6.07, 6.45) is 0. The van der Waals surface area contributed by atoms with Crippen LogP contribution >= 0.6 is 0 Å². The maximum absolute atomic E-state index is 2.25. The fourth-order valence-electron chi connectivity index (χ4n) is 2.28. The maximum Gasteiger partial charge on any atom is -0.0179 e. The monoisotopic (exact) mass is 256 g/mol. The molecule has 0 fully saturated rings. The lowest BCUT2D eigenvalue weighted by Crippen LogP contribution is -1.85. The molecule has 0 spiro atoms. The van der Waals surface area contributed by atoms with Crippen LogP contribution < -0.4 is 0 Å². The normalized spacial score (nSPS) is 9.16. The van der Waals surface area contributed by atoms with Crippen LogP contribution in [0.15, 0.2) is 36.4 Å². The van der Waals surface area contributed by atoms with E-state index < -0.39 is 0 Å². The van der Waals surface area contributed by atoms with Gasteiger partial charge in [-0.05, 0) is 38.8 Å². The highest BCUT2D eigenvalue weighted by atomic mass is 14.1. The van der Waals surface area contributed by atoms with Gasteiger partial charge in [0.1, 0.15) is 0 Å². The molecule has 104 valence electrons. The van der Waals surface area contributed by atoms with E-state index in [2.05, 4.69) is 64.1 Å². The van der Waals surface area contributed by atoms with Crippen molar-refractivity contribution >= 4 is 0 Å². The Morgan fingerprint density at radius 1 is 0.474 bits per heavy atom. The SMILES string of the molecule is C.CC.Cc1cc(C)cc(-c2cc(C)cc(C)c2)c1. The van der Waals surface area contributed by atoms with Crippen LogP contribution in [-0.2, 0) is 0 Å². The zero-order valence-electron chi connectivity index (χ0n) is 12.5. The zero-order chi connectivity index (χ0) is 13.7. The van der Waals surface area contributed by atoms with E-state index in [1.54, 1.807) is 0 Å². The molecule has 0 aliphatic carbocycles. The minimum atomic E-state index is 0.